The molecule has 3 aromatic rings. The molecule has 0 fully saturated rings. The molecule has 1 heterocycles. The van der Waals surface area contributed by atoms with E-state index in [0.717, 1.165) is 21.4 Å². The quantitative estimate of drug-likeness (QED) is 0.529. The van der Waals surface area contributed by atoms with Crippen LogP contribution in [0.25, 0.3) is 11.3 Å². The van der Waals surface area contributed by atoms with E-state index in [1.807, 2.05) is 67.6 Å². The number of aryl methyl sites for hydroxylation is 1. The zero-order valence-corrected chi connectivity index (χ0v) is 17.6. The zero-order valence-electron chi connectivity index (χ0n) is 15.2. The van der Waals surface area contributed by atoms with Gasteiger partial charge in [-0.25, -0.2) is 0 Å². The summed E-state index contributed by atoms with van der Waals surface area (Å²) in [5, 5.41) is 5.77. The maximum Gasteiger partial charge on any atom is 0.264 e. The SMILES string of the molecule is Cc1ccccc1OCC(=O)NC(=S)NCc1ccc(-c2ccc(Br)cc2)o1. The number of rotatable bonds is 6. The number of benzene rings is 2. The van der Waals surface area contributed by atoms with Gasteiger partial charge in [0.1, 0.15) is 17.3 Å². The Labute approximate surface area is 177 Å². The third-order valence-electron chi connectivity index (χ3n) is 3.92. The molecule has 0 spiro atoms. The van der Waals surface area contributed by atoms with Crippen LogP contribution in [0.2, 0.25) is 0 Å². The summed E-state index contributed by atoms with van der Waals surface area (Å²) in [6.07, 6.45) is 0. The number of thiocarbonyl (C=S) groups is 1. The zero-order chi connectivity index (χ0) is 19.9. The molecule has 2 N–H and O–H groups in total. The van der Waals surface area contributed by atoms with Gasteiger partial charge in [0.2, 0.25) is 0 Å². The number of hydrogen-bond acceptors (Lipinski definition) is 4. The molecule has 28 heavy (non-hydrogen) atoms. The third kappa shape index (κ3) is 5.68. The summed E-state index contributed by atoms with van der Waals surface area (Å²) in [5.41, 5.74) is 1.95. The Morgan fingerprint density at radius 1 is 1.11 bits per heavy atom. The maximum atomic E-state index is 12.0. The molecule has 0 aliphatic rings. The Kier molecular flexibility index (Phi) is 6.84. The predicted molar refractivity (Wildman–Crippen MR) is 116 cm³/mol. The van der Waals surface area contributed by atoms with Crippen molar-refractivity contribution in [2.75, 3.05) is 6.61 Å². The second-order valence-corrected chi connectivity index (χ2v) is 7.38. The molecule has 1 amide bonds. The van der Waals surface area contributed by atoms with Crippen LogP contribution in [0.3, 0.4) is 0 Å². The highest BCUT2D eigenvalue weighted by Gasteiger charge is 2.09. The molecule has 0 aliphatic carbocycles. The van der Waals surface area contributed by atoms with Crippen molar-refractivity contribution in [1.29, 1.82) is 0 Å². The van der Waals surface area contributed by atoms with Crippen molar-refractivity contribution in [3.63, 3.8) is 0 Å². The summed E-state index contributed by atoms with van der Waals surface area (Å²) in [4.78, 5) is 12.0. The van der Waals surface area contributed by atoms with E-state index < -0.39 is 0 Å². The average Bonchev–Trinajstić information content (AvgIpc) is 3.15. The molecular weight excluding hydrogens is 440 g/mol. The van der Waals surface area contributed by atoms with Gasteiger partial charge in [-0.05, 0) is 55.0 Å². The number of carbonyl (C=O) groups is 1. The van der Waals surface area contributed by atoms with E-state index in [2.05, 4.69) is 26.6 Å². The van der Waals surface area contributed by atoms with Gasteiger partial charge < -0.3 is 19.8 Å². The van der Waals surface area contributed by atoms with E-state index in [4.69, 9.17) is 21.4 Å². The molecule has 0 unspecified atom stereocenters. The number of ether oxygens (including phenoxy) is 1. The lowest BCUT2D eigenvalue weighted by Gasteiger charge is -2.10. The second-order valence-electron chi connectivity index (χ2n) is 6.06. The molecule has 0 aliphatic heterocycles. The van der Waals surface area contributed by atoms with E-state index >= 15 is 0 Å². The number of furan rings is 1. The van der Waals surface area contributed by atoms with Crippen LogP contribution in [0.15, 0.2) is 69.6 Å². The van der Waals surface area contributed by atoms with Crippen LogP contribution >= 0.6 is 28.1 Å². The molecular formula is C21H19BrN2O3S. The van der Waals surface area contributed by atoms with Gasteiger partial charge >= 0.3 is 0 Å². The molecule has 5 nitrogen and oxygen atoms in total. The summed E-state index contributed by atoms with van der Waals surface area (Å²) >= 11 is 8.57. The average molecular weight is 459 g/mol. The molecule has 1 aromatic heterocycles. The molecule has 0 atom stereocenters. The summed E-state index contributed by atoms with van der Waals surface area (Å²) in [5.74, 6) is 1.83. The maximum absolute atomic E-state index is 12.0. The van der Waals surface area contributed by atoms with E-state index in [1.165, 1.54) is 0 Å². The predicted octanol–water partition coefficient (Wildman–Crippen LogP) is 4.59. The lowest BCUT2D eigenvalue weighted by atomic mass is 10.2. The standard InChI is InChI=1S/C21H19BrN2O3S/c1-14-4-2-3-5-18(14)26-13-20(25)24-21(28)23-12-17-10-11-19(27-17)15-6-8-16(22)9-7-15/h2-11H,12-13H2,1H3,(H2,23,24,25,28). The number of amides is 1. The Bertz CT molecular complexity index is 970. The highest BCUT2D eigenvalue weighted by molar-refractivity contribution is 9.10. The molecule has 7 heteroatoms. The van der Waals surface area contributed by atoms with Crippen LogP contribution in [-0.2, 0) is 11.3 Å². The fraction of sp³-hybridized carbons (Fsp3) is 0.143. The molecule has 0 saturated carbocycles. The minimum absolute atomic E-state index is 0.110. The first-order valence-corrected chi connectivity index (χ1v) is 9.82. The molecule has 144 valence electrons. The molecule has 0 saturated heterocycles. The van der Waals surface area contributed by atoms with E-state index in [1.54, 1.807) is 0 Å². The van der Waals surface area contributed by atoms with Gasteiger partial charge in [0.05, 0.1) is 6.54 Å². The first kappa shape index (κ1) is 20.1. The number of para-hydroxylation sites is 1. The van der Waals surface area contributed by atoms with Crippen molar-refractivity contribution in [1.82, 2.24) is 10.6 Å². The van der Waals surface area contributed by atoms with Crippen LogP contribution in [-0.4, -0.2) is 17.6 Å². The van der Waals surface area contributed by atoms with Gasteiger partial charge in [-0.2, -0.15) is 0 Å². The van der Waals surface area contributed by atoms with Crippen LogP contribution in [0.5, 0.6) is 5.75 Å². The minimum atomic E-state index is -0.323. The van der Waals surface area contributed by atoms with Crippen LogP contribution < -0.4 is 15.4 Å². The van der Waals surface area contributed by atoms with E-state index in [0.29, 0.717) is 18.1 Å². The summed E-state index contributed by atoms with van der Waals surface area (Å²) < 4.78 is 12.3. The molecule has 0 bridgehead atoms. The number of nitrogens with one attached hydrogen (secondary N) is 2. The highest BCUT2D eigenvalue weighted by atomic mass is 79.9. The van der Waals surface area contributed by atoms with Crippen molar-refractivity contribution < 1.29 is 13.9 Å². The van der Waals surface area contributed by atoms with E-state index in [9.17, 15) is 4.79 Å². The van der Waals surface area contributed by atoms with Crippen molar-refractivity contribution >= 4 is 39.2 Å². The fourth-order valence-electron chi connectivity index (χ4n) is 2.48. The van der Waals surface area contributed by atoms with Gasteiger partial charge in [0.15, 0.2) is 11.7 Å². The van der Waals surface area contributed by atoms with Gasteiger partial charge in [0.25, 0.3) is 5.91 Å². The Morgan fingerprint density at radius 2 is 1.86 bits per heavy atom. The Hall–Kier alpha value is -2.64. The minimum Gasteiger partial charge on any atom is -0.483 e. The summed E-state index contributed by atoms with van der Waals surface area (Å²) in [6, 6.07) is 19.1. The lowest BCUT2D eigenvalue weighted by molar-refractivity contribution is -0.121. The normalized spacial score (nSPS) is 10.4. The molecule has 3 rings (SSSR count). The summed E-state index contributed by atoms with van der Waals surface area (Å²) in [7, 11) is 0. The highest BCUT2D eigenvalue weighted by Crippen LogP contribution is 2.23. The van der Waals surface area contributed by atoms with Gasteiger partial charge in [-0.3, -0.25) is 4.79 Å². The second kappa shape index (κ2) is 9.52. The van der Waals surface area contributed by atoms with Gasteiger partial charge in [0, 0.05) is 10.0 Å². The smallest absolute Gasteiger partial charge is 0.264 e. The topological polar surface area (TPSA) is 63.5 Å². The van der Waals surface area contributed by atoms with Crippen LogP contribution in [0.1, 0.15) is 11.3 Å². The first-order valence-electron chi connectivity index (χ1n) is 8.62. The molecule has 2 aromatic carbocycles. The van der Waals surface area contributed by atoms with Gasteiger partial charge in [-0.15, -0.1) is 0 Å². The fourth-order valence-corrected chi connectivity index (χ4v) is 2.93. The van der Waals surface area contributed by atoms with Crippen LogP contribution in [0, 0.1) is 6.92 Å². The van der Waals surface area contributed by atoms with Crippen molar-refractivity contribution in [2.45, 2.75) is 13.5 Å². The number of carbonyl (C=O) groups excluding carboxylic acids is 1. The van der Waals surface area contributed by atoms with E-state index in [-0.39, 0.29) is 17.6 Å². The molecule has 0 radical (unpaired) electrons. The largest absolute Gasteiger partial charge is 0.483 e. The number of halogens is 1. The Morgan fingerprint density at radius 3 is 2.61 bits per heavy atom. The Balaban J connectivity index is 1.44. The number of hydrogen-bond donors (Lipinski definition) is 2. The lowest BCUT2D eigenvalue weighted by Crippen LogP contribution is -2.41. The van der Waals surface area contributed by atoms with Crippen molar-refractivity contribution in [3.05, 3.63) is 76.5 Å². The summed E-state index contributed by atoms with van der Waals surface area (Å²) in [6.45, 7) is 2.18. The monoisotopic (exact) mass is 458 g/mol. The van der Waals surface area contributed by atoms with Crippen molar-refractivity contribution in [2.24, 2.45) is 0 Å². The van der Waals surface area contributed by atoms with Gasteiger partial charge in [-0.1, -0.05) is 46.3 Å². The van der Waals surface area contributed by atoms with Crippen LogP contribution in [0.4, 0.5) is 0 Å². The van der Waals surface area contributed by atoms with Crippen molar-refractivity contribution in [3.8, 4) is 17.1 Å². The first-order chi connectivity index (χ1) is 13.5. The third-order valence-corrected chi connectivity index (χ3v) is 4.69.